The number of rotatable bonds is 2. The number of imidazole rings is 1. The van der Waals surface area contributed by atoms with Crippen LogP contribution in [0.4, 0.5) is 0 Å². The molecule has 0 fully saturated rings. The summed E-state index contributed by atoms with van der Waals surface area (Å²) in [5.74, 6) is 0.870. The van der Waals surface area contributed by atoms with Crippen LogP contribution >= 0.6 is 11.3 Å². The zero-order chi connectivity index (χ0) is 14.2. The lowest BCUT2D eigenvalue weighted by Crippen LogP contribution is -1.97. The van der Waals surface area contributed by atoms with Gasteiger partial charge in [0.1, 0.15) is 17.2 Å². The molecule has 4 nitrogen and oxygen atoms in total. The largest absolute Gasteiger partial charge is 0.506 e. The molecule has 0 unspecified atom stereocenters. The zero-order valence-corrected chi connectivity index (χ0v) is 11.8. The molecule has 0 amide bonds. The van der Waals surface area contributed by atoms with E-state index in [0.29, 0.717) is 5.82 Å². The minimum absolute atomic E-state index is 0.211. The van der Waals surface area contributed by atoms with E-state index in [1.807, 2.05) is 52.4 Å². The molecule has 0 radical (unpaired) electrons. The summed E-state index contributed by atoms with van der Waals surface area (Å²) >= 11 is 1.49. The van der Waals surface area contributed by atoms with Crippen molar-refractivity contribution in [2.75, 3.05) is 0 Å². The Morgan fingerprint density at radius 3 is 2.95 bits per heavy atom. The summed E-state index contributed by atoms with van der Waals surface area (Å²) in [6.07, 6.45) is 5.26. The molecule has 3 heterocycles. The van der Waals surface area contributed by atoms with Gasteiger partial charge in [0.05, 0.1) is 10.4 Å². The molecular weight excluding hydrogens is 282 g/mol. The van der Waals surface area contributed by atoms with Gasteiger partial charge in [-0.2, -0.15) is 0 Å². The number of aromatic nitrogens is 3. The highest BCUT2D eigenvalue weighted by atomic mass is 32.1. The second kappa shape index (κ2) is 4.71. The summed E-state index contributed by atoms with van der Waals surface area (Å²) in [6.45, 7) is 0. The lowest BCUT2D eigenvalue weighted by Gasteiger charge is -2.05. The topological polar surface area (TPSA) is 50.4 Å². The predicted molar refractivity (Wildman–Crippen MR) is 85.3 cm³/mol. The van der Waals surface area contributed by atoms with Gasteiger partial charge in [0, 0.05) is 23.9 Å². The quantitative estimate of drug-likeness (QED) is 0.568. The molecule has 21 heavy (non-hydrogen) atoms. The molecule has 0 saturated carbocycles. The minimum Gasteiger partial charge on any atom is -0.506 e. The summed E-state index contributed by atoms with van der Waals surface area (Å²) in [7, 11) is 0. The van der Waals surface area contributed by atoms with Crippen LogP contribution in [0.2, 0.25) is 0 Å². The first kappa shape index (κ1) is 12.1. The van der Waals surface area contributed by atoms with Gasteiger partial charge in [-0.05, 0) is 23.6 Å². The number of aliphatic hydroxyl groups excluding tert-OH is 1. The van der Waals surface area contributed by atoms with E-state index in [0.717, 1.165) is 21.4 Å². The van der Waals surface area contributed by atoms with Crippen LogP contribution in [0.15, 0.2) is 54.2 Å². The van der Waals surface area contributed by atoms with E-state index in [4.69, 9.17) is 0 Å². The van der Waals surface area contributed by atoms with Gasteiger partial charge in [-0.25, -0.2) is 9.97 Å². The van der Waals surface area contributed by atoms with Crippen molar-refractivity contribution in [2.24, 2.45) is 0 Å². The molecule has 3 aromatic heterocycles. The minimum atomic E-state index is 0.211. The fourth-order valence-electron chi connectivity index (χ4n) is 2.34. The third kappa shape index (κ3) is 1.98. The molecule has 102 valence electrons. The zero-order valence-electron chi connectivity index (χ0n) is 11.0. The Morgan fingerprint density at radius 2 is 2.10 bits per heavy atom. The lowest BCUT2D eigenvalue weighted by molar-refractivity contribution is 0.517. The summed E-state index contributed by atoms with van der Waals surface area (Å²) in [4.78, 5) is 9.83. The molecule has 1 N–H and O–H groups in total. The molecule has 0 saturated heterocycles. The van der Waals surface area contributed by atoms with Crippen molar-refractivity contribution in [3.63, 3.8) is 0 Å². The van der Waals surface area contributed by atoms with Crippen LogP contribution in [0.3, 0.4) is 0 Å². The number of hydrogen-bond acceptors (Lipinski definition) is 4. The van der Waals surface area contributed by atoms with Gasteiger partial charge in [0.15, 0.2) is 0 Å². The highest BCUT2D eigenvalue weighted by Gasteiger charge is 2.08. The molecular formula is C16H11N3OS. The van der Waals surface area contributed by atoms with Crippen LogP contribution in [-0.4, -0.2) is 19.5 Å². The monoisotopic (exact) mass is 293 g/mol. The van der Waals surface area contributed by atoms with Gasteiger partial charge in [0.2, 0.25) is 0 Å². The van der Waals surface area contributed by atoms with Gasteiger partial charge in [-0.1, -0.05) is 18.2 Å². The highest BCUT2D eigenvalue weighted by molar-refractivity contribution is 7.11. The maximum absolute atomic E-state index is 10.2. The highest BCUT2D eigenvalue weighted by Crippen LogP contribution is 2.23. The third-order valence-electron chi connectivity index (χ3n) is 3.31. The van der Waals surface area contributed by atoms with Gasteiger partial charge >= 0.3 is 0 Å². The number of para-hydroxylation sites is 1. The maximum atomic E-state index is 10.2. The first-order valence-corrected chi connectivity index (χ1v) is 7.37. The maximum Gasteiger partial charge on any atom is 0.147 e. The first-order valence-electron chi connectivity index (χ1n) is 6.49. The standard InChI is InChI=1S/C16H11N3OS/c20-13(14-6-3-9-21-14)10-15-18-12-5-2-1-4-11(12)16-17-7-8-19(15)16/h1-10,20H. The molecule has 5 heteroatoms. The van der Waals surface area contributed by atoms with Gasteiger partial charge in [-0.3, -0.25) is 4.40 Å². The molecule has 0 aliphatic rings. The van der Waals surface area contributed by atoms with E-state index in [1.165, 1.54) is 11.3 Å². The molecule has 0 spiro atoms. The number of nitrogens with zero attached hydrogens (tertiary/aromatic N) is 3. The number of hydrogen-bond donors (Lipinski definition) is 1. The molecule has 0 aliphatic heterocycles. The van der Waals surface area contributed by atoms with Crippen LogP contribution in [0, 0.1) is 0 Å². The van der Waals surface area contributed by atoms with Crippen molar-refractivity contribution in [1.29, 1.82) is 0 Å². The normalized spacial score (nSPS) is 12.3. The number of thiophene rings is 1. The summed E-state index contributed by atoms with van der Waals surface area (Å²) in [6, 6.07) is 11.6. The number of aliphatic hydroxyl groups is 1. The Kier molecular flexibility index (Phi) is 2.72. The Hall–Kier alpha value is -2.66. The summed E-state index contributed by atoms with van der Waals surface area (Å²) < 4.78 is 1.88. The van der Waals surface area contributed by atoms with Crippen molar-refractivity contribution in [3.05, 3.63) is 64.9 Å². The predicted octanol–water partition coefficient (Wildman–Crippen LogP) is 4.00. The SMILES string of the molecule is OC(=Cc1nc2ccccc2c2nccn12)c1cccs1. The van der Waals surface area contributed by atoms with Crippen molar-refractivity contribution in [2.45, 2.75) is 0 Å². The van der Waals surface area contributed by atoms with Crippen LogP contribution in [-0.2, 0) is 0 Å². The molecule has 4 aromatic rings. The van der Waals surface area contributed by atoms with Crippen molar-refractivity contribution in [1.82, 2.24) is 14.4 Å². The molecule has 0 bridgehead atoms. The number of benzene rings is 1. The first-order chi connectivity index (χ1) is 10.3. The average molecular weight is 293 g/mol. The summed E-state index contributed by atoms with van der Waals surface area (Å²) in [5, 5.41) is 13.2. The Balaban J connectivity index is 1.99. The van der Waals surface area contributed by atoms with E-state index in [2.05, 4.69) is 9.97 Å². The molecule has 4 rings (SSSR count). The van der Waals surface area contributed by atoms with Gasteiger partial charge in [-0.15, -0.1) is 11.3 Å². The number of fused-ring (bicyclic) bond motifs is 3. The fraction of sp³-hybridized carbons (Fsp3) is 0. The van der Waals surface area contributed by atoms with Crippen LogP contribution < -0.4 is 0 Å². The van der Waals surface area contributed by atoms with E-state index in [9.17, 15) is 5.11 Å². The fourth-order valence-corrected chi connectivity index (χ4v) is 2.99. The average Bonchev–Trinajstić information content (AvgIpc) is 3.19. The van der Waals surface area contributed by atoms with Crippen molar-refractivity contribution >= 4 is 39.7 Å². The van der Waals surface area contributed by atoms with Crippen molar-refractivity contribution < 1.29 is 5.11 Å². The third-order valence-corrected chi connectivity index (χ3v) is 4.20. The van der Waals surface area contributed by atoms with Gasteiger partial charge < -0.3 is 5.11 Å². The van der Waals surface area contributed by atoms with E-state index >= 15 is 0 Å². The van der Waals surface area contributed by atoms with Crippen LogP contribution in [0.1, 0.15) is 10.7 Å². The van der Waals surface area contributed by atoms with E-state index < -0.39 is 0 Å². The summed E-state index contributed by atoms with van der Waals surface area (Å²) in [5.41, 5.74) is 1.70. The Labute approximate surface area is 124 Å². The van der Waals surface area contributed by atoms with Crippen molar-refractivity contribution in [3.8, 4) is 0 Å². The smallest absolute Gasteiger partial charge is 0.147 e. The van der Waals surface area contributed by atoms with E-state index in [-0.39, 0.29) is 5.76 Å². The Bertz CT molecular complexity index is 954. The van der Waals surface area contributed by atoms with Crippen LogP contribution in [0.25, 0.3) is 28.4 Å². The van der Waals surface area contributed by atoms with E-state index in [1.54, 1.807) is 12.3 Å². The molecule has 0 atom stereocenters. The lowest BCUT2D eigenvalue weighted by atomic mass is 10.2. The molecule has 1 aromatic carbocycles. The molecule has 0 aliphatic carbocycles. The van der Waals surface area contributed by atoms with Crippen LogP contribution in [0.5, 0.6) is 0 Å². The van der Waals surface area contributed by atoms with Gasteiger partial charge in [0.25, 0.3) is 0 Å². The Morgan fingerprint density at radius 1 is 1.19 bits per heavy atom. The second-order valence-corrected chi connectivity index (χ2v) is 5.56. The second-order valence-electron chi connectivity index (χ2n) is 4.61.